The first-order chi connectivity index (χ1) is 18.4. The number of nitrogens with one attached hydrogen (secondary N) is 3. The molecule has 0 radical (unpaired) electrons. The van der Waals surface area contributed by atoms with Gasteiger partial charge in [-0.2, -0.15) is 31.7 Å². The first-order valence-electron chi connectivity index (χ1n) is 11.5. The largest absolute Gasteiger partial charge is 0.471 e. The minimum absolute atomic E-state index is 0.0154. The van der Waals surface area contributed by atoms with Crippen LogP contribution in [0.25, 0.3) is 22.4 Å². The van der Waals surface area contributed by atoms with Gasteiger partial charge in [-0.1, -0.05) is 0 Å². The standard InChI is InChI=1S/C23H20F5N7O3S/c1-11-19-21(34-33-11)31-20(32-22(19)38-17-5-6-29-10-15(17)25)12-2-3-16(14(24)8-12)35-39(36,37)18-9-13(4-7-30-18)23(26,27)28/h2-4,7-9,15,17,29,35H,5-6,10H2,1H3,(H,31,32,33,34)/t15-,17+/m0/s1. The number of aryl methyl sites for hydroxylation is 1. The molecule has 4 aromatic rings. The lowest BCUT2D eigenvalue weighted by Gasteiger charge is -2.27. The van der Waals surface area contributed by atoms with Crippen molar-refractivity contribution in [1.82, 2.24) is 30.5 Å². The normalized spacial score (nSPS) is 18.3. The lowest BCUT2D eigenvalue weighted by molar-refractivity contribution is -0.137. The van der Waals surface area contributed by atoms with E-state index in [1.54, 1.807) is 6.92 Å². The van der Waals surface area contributed by atoms with E-state index in [1.165, 1.54) is 6.07 Å². The van der Waals surface area contributed by atoms with Gasteiger partial charge < -0.3 is 10.1 Å². The minimum atomic E-state index is -4.80. The van der Waals surface area contributed by atoms with E-state index in [0.29, 0.717) is 42.4 Å². The molecule has 1 fully saturated rings. The zero-order valence-corrected chi connectivity index (χ0v) is 20.9. The van der Waals surface area contributed by atoms with Gasteiger partial charge in [-0.3, -0.25) is 9.82 Å². The Kier molecular flexibility index (Phi) is 6.84. The molecule has 5 rings (SSSR count). The Morgan fingerprint density at radius 3 is 2.67 bits per heavy atom. The van der Waals surface area contributed by atoms with Gasteiger partial charge in [0.1, 0.15) is 23.5 Å². The van der Waals surface area contributed by atoms with E-state index in [0.717, 1.165) is 12.1 Å². The van der Waals surface area contributed by atoms with Gasteiger partial charge in [0.2, 0.25) is 5.88 Å². The first kappa shape index (κ1) is 26.7. The van der Waals surface area contributed by atoms with Crippen LogP contribution in [0.15, 0.2) is 41.6 Å². The van der Waals surface area contributed by atoms with E-state index in [9.17, 15) is 26.0 Å². The number of aromatic amines is 1. The number of hydrogen-bond acceptors (Lipinski definition) is 8. The molecule has 39 heavy (non-hydrogen) atoms. The maximum absolute atomic E-state index is 15.0. The van der Waals surface area contributed by atoms with Crippen LogP contribution >= 0.6 is 0 Å². The summed E-state index contributed by atoms with van der Waals surface area (Å²) in [7, 11) is -4.66. The van der Waals surface area contributed by atoms with Crippen molar-refractivity contribution in [2.45, 2.75) is 36.8 Å². The SMILES string of the molecule is Cc1n[nH]c2nc(-c3ccc(NS(=O)(=O)c4cc(C(F)(F)F)ccn4)c(F)c3)nc(O[C@@H]3CCNC[C@@H]3F)c12. The highest BCUT2D eigenvalue weighted by molar-refractivity contribution is 7.92. The monoisotopic (exact) mass is 569 g/mol. The number of fused-ring (bicyclic) bond motifs is 1. The first-order valence-corrected chi connectivity index (χ1v) is 13.0. The molecule has 4 heterocycles. The highest BCUT2D eigenvalue weighted by atomic mass is 32.2. The fraction of sp³-hybridized carbons (Fsp3) is 0.304. The molecular weight excluding hydrogens is 549 g/mol. The van der Waals surface area contributed by atoms with Crippen LogP contribution in [-0.2, 0) is 16.2 Å². The van der Waals surface area contributed by atoms with Crippen molar-refractivity contribution in [2.75, 3.05) is 17.8 Å². The van der Waals surface area contributed by atoms with Gasteiger partial charge in [0, 0.05) is 18.3 Å². The Morgan fingerprint density at radius 2 is 1.95 bits per heavy atom. The Labute approximate surface area is 218 Å². The molecule has 0 aliphatic carbocycles. The van der Waals surface area contributed by atoms with Crippen LogP contribution in [-0.4, -0.2) is 58.9 Å². The number of ether oxygens (including phenoxy) is 1. The average molecular weight is 570 g/mol. The topological polar surface area (TPSA) is 135 Å². The average Bonchev–Trinajstić information content (AvgIpc) is 3.27. The molecular formula is C23H20F5N7O3S. The summed E-state index contributed by atoms with van der Waals surface area (Å²) in [5, 5.41) is 9.23. The summed E-state index contributed by atoms with van der Waals surface area (Å²) in [4.78, 5) is 12.1. The van der Waals surface area contributed by atoms with Crippen molar-refractivity contribution >= 4 is 26.7 Å². The molecule has 3 aromatic heterocycles. The third-order valence-electron chi connectivity index (χ3n) is 5.99. The van der Waals surface area contributed by atoms with E-state index in [4.69, 9.17) is 4.74 Å². The van der Waals surface area contributed by atoms with Crippen LogP contribution in [0.2, 0.25) is 0 Å². The number of benzene rings is 1. The molecule has 0 saturated carbocycles. The van der Waals surface area contributed by atoms with Crippen LogP contribution in [0.4, 0.5) is 27.6 Å². The number of anilines is 1. The molecule has 10 nitrogen and oxygen atoms in total. The lowest BCUT2D eigenvalue weighted by Crippen LogP contribution is -2.44. The predicted molar refractivity (Wildman–Crippen MR) is 129 cm³/mol. The summed E-state index contributed by atoms with van der Waals surface area (Å²) in [6.07, 6.45) is -5.77. The van der Waals surface area contributed by atoms with Crippen LogP contribution < -0.4 is 14.8 Å². The van der Waals surface area contributed by atoms with Crippen molar-refractivity contribution in [3.8, 4) is 17.3 Å². The maximum Gasteiger partial charge on any atom is 0.416 e. The number of H-pyrrole nitrogens is 1. The number of piperidine rings is 1. The molecule has 1 saturated heterocycles. The molecule has 0 bridgehead atoms. The van der Waals surface area contributed by atoms with E-state index in [1.807, 2.05) is 4.72 Å². The van der Waals surface area contributed by atoms with Gasteiger partial charge >= 0.3 is 6.18 Å². The summed E-state index contributed by atoms with van der Waals surface area (Å²) in [6.45, 7) is 2.35. The molecule has 0 amide bonds. The molecule has 1 aliphatic heterocycles. The van der Waals surface area contributed by atoms with Gasteiger partial charge in [-0.25, -0.2) is 18.7 Å². The molecule has 1 aliphatic rings. The van der Waals surface area contributed by atoms with Gasteiger partial charge in [-0.05, 0) is 50.2 Å². The highest BCUT2D eigenvalue weighted by Crippen LogP contribution is 2.32. The van der Waals surface area contributed by atoms with E-state index < -0.39 is 50.6 Å². The van der Waals surface area contributed by atoms with Crippen LogP contribution in [0.3, 0.4) is 0 Å². The summed E-state index contributed by atoms with van der Waals surface area (Å²) in [5.41, 5.74) is -0.874. The predicted octanol–water partition coefficient (Wildman–Crippen LogP) is 3.76. The summed E-state index contributed by atoms with van der Waals surface area (Å²) < 4.78 is 101. The van der Waals surface area contributed by atoms with Crippen molar-refractivity contribution in [1.29, 1.82) is 0 Å². The van der Waals surface area contributed by atoms with Crippen molar-refractivity contribution in [3.63, 3.8) is 0 Å². The number of rotatable bonds is 6. The molecule has 3 N–H and O–H groups in total. The fourth-order valence-corrected chi connectivity index (χ4v) is 5.04. The number of sulfonamides is 1. The Morgan fingerprint density at radius 1 is 1.15 bits per heavy atom. The fourth-order valence-electron chi connectivity index (χ4n) is 3.99. The lowest BCUT2D eigenvalue weighted by atomic mass is 10.1. The second kappa shape index (κ2) is 10.00. The summed E-state index contributed by atoms with van der Waals surface area (Å²) >= 11 is 0. The number of halogens is 5. The number of pyridine rings is 1. The number of hydrogen-bond donors (Lipinski definition) is 3. The smallest absolute Gasteiger partial charge is 0.416 e. The van der Waals surface area contributed by atoms with Gasteiger partial charge in [0.25, 0.3) is 10.0 Å². The summed E-state index contributed by atoms with van der Waals surface area (Å²) in [6, 6.07) is 4.26. The van der Waals surface area contributed by atoms with E-state index in [2.05, 4.69) is 30.5 Å². The van der Waals surface area contributed by atoms with Gasteiger partial charge in [0.15, 0.2) is 16.5 Å². The van der Waals surface area contributed by atoms with E-state index >= 15 is 4.39 Å². The van der Waals surface area contributed by atoms with E-state index in [-0.39, 0.29) is 29.5 Å². The third kappa shape index (κ3) is 5.47. The zero-order valence-electron chi connectivity index (χ0n) is 20.1. The van der Waals surface area contributed by atoms with Crippen LogP contribution in [0, 0.1) is 12.7 Å². The van der Waals surface area contributed by atoms with Crippen LogP contribution in [0.1, 0.15) is 17.7 Å². The van der Waals surface area contributed by atoms with Crippen molar-refractivity contribution < 1.29 is 35.1 Å². The quantitative estimate of drug-likeness (QED) is 0.299. The molecule has 16 heteroatoms. The van der Waals surface area contributed by atoms with Crippen LogP contribution in [0.5, 0.6) is 5.88 Å². The zero-order chi connectivity index (χ0) is 27.9. The van der Waals surface area contributed by atoms with Gasteiger partial charge in [0.05, 0.1) is 16.9 Å². The second-order valence-electron chi connectivity index (χ2n) is 8.73. The van der Waals surface area contributed by atoms with Crippen molar-refractivity contribution in [3.05, 3.63) is 53.6 Å². The van der Waals surface area contributed by atoms with Gasteiger partial charge in [-0.15, -0.1) is 0 Å². The molecule has 206 valence electrons. The molecule has 0 unspecified atom stereocenters. The summed E-state index contributed by atoms with van der Waals surface area (Å²) in [5.74, 6) is -1.02. The number of alkyl halides is 4. The Balaban J connectivity index is 1.45. The second-order valence-corrected chi connectivity index (χ2v) is 10.4. The Bertz CT molecular complexity index is 1650. The maximum atomic E-state index is 15.0. The third-order valence-corrected chi connectivity index (χ3v) is 7.25. The number of nitrogens with zero attached hydrogens (tertiary/aromatic N) is 4. The van der Waals surface area contributed by atoms with Crippen molar-refractivity contribution in [2.24, 2.45) is 0 Å². The molecule has 2 atom stereocenters. The number of aromatic nitrogens is 5. The molecule has 1 aromatic carbocycles. The Hall–Kier alpha value is -3.92. The minimum Gasteiger partial charge on any atom is -0.471 e. The molecule has 0 spiro atoms. The highest BCUT2D eigenvalue weighted by Gasteiger charge is 2.32.